The highest BCUT2D eigenvalue weighted by Crippen LogP contribution is 2.24. The summed E-state index contributed by atoms with van der Waals surface area (Å²) in [6.45, 7) is 0.619. The van der Waals surface area contributed by atoms with Crippen LogP contribution in [0.1, 0.15) is 0 Å². The standard InChI is InChI=1S/C4H3ClN2O2S/c5-3-4(7-10-6-3)9-2-1-8-2/h2H,1H2. The molecule has 1 saturated heterocycles. The second-order valence-corrected chi connectivity index (χ2v) is 2.63. The van der Waals surface area contributed by atoms with Gasteiger partial charge in [0.15, 0.2) is 0 Å². The summed E-state index contributed by atoms with van der Waals surface area (Å²) in [5, 5.41) is 0.306. The SMILES string of the molecule is Clc1nsnc1OC1CO1. The molecule has 0 N–H and O–H groups in total. The van der Waals surface area contributed by atoms with Crippen LogP contribution in [0.2, 0.25) is 5.15 Å². The van der Waals surface area contributed by atoms with Gasteiger partial charge in [0.25, 0.3) is 5.88 Å². The van der Waals surface area contributed by atoms with Gasteiger partial charge in [-0.05, 0) is 0 Å². The number of hydrogen-bond acceptors (Lipinski definition) is 5. The van der Waals surface area contributed by atoms with Gasteiger partial charge in [0.05, 0.1) is 11.7 Å². The fraction of sp³-hybridized carbons (Fsp3) is 0.500. The van der Waals surface area contributed by atoms with E-state index in [1.807, 2.05) is 0 Å². The van der Waals surface area contributed by atoms with E-state index in [9.17, 15) is 0 Å². The molecule has 1 aromatic rings. The lowest BCUT2D eigenvalue weighted by Gasteiger charge is -1.93. The Kier molecular flexibility index (Phi) is 1.48. The van der Waals surface area contributed by atoms with Crippen molar-refractivity contribution in [2.75, 3.05) is 6.61 Å². The molecule has 0 amide bonds. The van der Waals surface area contributed by atoms with Crippen LogP contribution in [0.25, 0.3) is 0 Å². The van der Waals surface area contributed by atoms with E-state index >= 15 is 0 Å². The Morgan fingerprint density at radius 3 is 3.00 bits per heavy atom. The summed E-state index contributed by atoms with van der Waals surface area (Å²) in [5.74, 6) is 0.370. The summed E-state index contributed by atoms with van der Waals surface area (Å²) < 4.78 is 17.4. The average Bonchev–Trinajstić information content (AvgIpc) is 2.62. The molecule has 54 valence electrons. The number of aromatic nitrogens is 2. The van der Waals surface area contributed by atoms with Crippen molar-refractivity contribution in [1.82, 2.24) is 8.75 Å². The second-order valence-electron chi connectivity index (χ2n) is 1.74. The minimum atomic E-state index is -0.151. The molecule has 1 fully saturated rings. The maximum absolute atomic E-state index is 5.57. The summed E-state index contributed by atoms with van der Waals surface area (Å²) in [4.78, 5) is 0. The molecule has 1 unspecified atom stereocenters. The Morgan fingerprint density at radius 1 is 1.70 bits per heavy atom. The minimum Gasteiger partial charge on any atom is -0.442 e. The fourth-order valence-electron chi connectivity index (χ4n) is 0.472. The zero-order chi connectivity index (χ0) is 6.97. The lowest BCUT2D eigenvalue weighted by Crippen LogP contribution is -1.97. The summed E-state index contributed by atoms with van der Waals surface area (Å²) in [6, 6.07) is 0. The molecular weight excluding hydrogens is 176 g/mol. The highest BCUT2D eigenvalue weighted by molar-refractivity contribution is 6.99. The largest absolute Gasteiger partial charge is 0.442 e. The van der Waals surface area contributed by atoms with Crippen molar-refractivity contribution >= 4 is 23.3 Å². The van der Waals surface area contributed by atoms with Gasteiger partial charge in [0.1, 0.15) is 6.61 Å². The van der Waals surface area contributed by atoms with Crippen LogP contribution in [0.5, 0.6) is 5.88 Å². The van der Waals surface area contributed by atoms with Crippen LogP contribution < -0.4 is 4.74 Å². The normalized spacial score (nSPS) is 22.7. The second kappa shape index (κ2) is 2.34. The van der Waals surface area contributed by atoms with Gasteiger partial charge in [-0.1, -0.05) is 11.6 Å². The predicted molar refractivity (Wildman–Crippen MR) is 35.3 cm³/mol. The molecule has 0 radical (unpaired) electrons. The van der Waals surface area contributed by atoms with Gasteiger partial charge in [-0.25, -0.2) is 0 Å². The van der Waals surface area contributed by atoms with E-state index in [4.69, 9.17) is 21.1 Å². The van der Waals surface area contributed by atoms with Crippen LogP contribution in [0.15, 0.2) is 0 Å². The molecule has 2 rings (SSSR count). The van der Waals surface area contributed by atoms with Crippen molar-refractivity contribution in [2.24, 2.45) is 0 Å². The average molecular weight is 179 g/mol. The maximum Gasteiger partial charge on any atom is 0.267 e. The van der Waals surface area contributed by atoms with E-state index in [-0.39, 0.29) is 6.29 Å². The smallest absolute Gasteiger partial charge is 0.267 e. The minimum absolute atomic E-state index is 0.151. The van der Waals surface area contributed by atoms with E-state index < -0.39 is 0 Å². The van der Waals surface area contributed by atoms with E-state index in [1.54, 1.807) is 0 Å². The first-order chi connectivity index (χ1) is 4.86. The van der Waals surface area contributed by atoms with E-state index in [0.29, 0.717) is 17.6 Å². The molecule has 1 aliphatic heterocycles. The highest BCUT2D eigenvalue weighted by Gasteiger charge is 2.26. The van der Waals surface area contributed by atoms with E-state index in [1.165, 1.54) is 0 Å². The van der Waals surface area contributed by atoms with Crippen LogP contribution in [-0.2, 0) is 4.74 Å². The maximum atomic E-state index is 5.57. The molecule has 0 bridgehead atoms. The third-order valence-corrected chi connectivity index (χ3v) is 1.83. The zero-order valence-corrected chi connectivity index (χ0v) is 6.35. The molecule has 6 heteroatoms. The van der Waals surface area contributed by atoms with E-state index in [0.717, 1.165) is 11.7 Å². The zero-order valence-electron chi connectivity index (χ0n) is 4.78. The van der Waals surface area contributed by atoms with Crippen LogP contribution in [-0.4, -0.2) is 21.6 Å². The molecule has 1 aliphatic rings. The molecule has 4 nitrogen and oxygen atoms in total. The monoisotopic (exact) mass is 178 g/mol. The third kappa shape index (κ3) is 1.21. The summed E-state index contributed by atoms with van der Waals surface area (Å²) in [6.07, 6.45) is -0.151. The lowest BCUT2D eigenvalue weighted by atomic mass is 10.8. The van der Waals surface area contributed by atoms with E-state index in [2.05, 4.69) is 8.75 Å². The van der Waals surface area contributed by atoms with Crippen molar-refractivity contribution in [3.63, 3.8) is 0 Å². The topological polar surface area (TPSA) is 47.5 Å². The lowest BCUT2D eigenvalue weighted by molar-refractivity contribution is 0.174. The number of ether oxygens (including phenoxy) is 2. The van der Waals surface area contributed by atoms with Gasteiger partial charge in [-0.2, -0.15) is 4.37 Å². The molecule has 0 spiro atoms. The van der Waals surface area contributed by atoms with Crippen LogP contribution in [0, 0.1) is 0 Å². The number of halogens is 1. The van der Waals surface area contributed by atoms with Crippen molar-refractivity contribution in [2.45, 2.75) is 6.29 Å². The first-order valence-electron chi connectivity index (χ1n) is 2.62. The first-order valence-corrected chi connectivity index (χ1v) is 3.73. The molecule has 0 saturated carbocycles. The molecule has 10 heavy (non-hydrogen) atoms. The number of epoxide rings is 1. The van der Waals surface area contributed by atoms with Gasteiger partial charge in [0, 0.05) is 0 Å². The fourth-order valence-corrected chi connectivity index (χ4v) is 1.10. The van der Waals surface area contributed by atoms with Crippen LogP contribution in [0.3, 0.4) is 0 Å². The first kappa shape index (κ1) is 6.33. The summed E-state index contributed by atoms with van der Waals surface area (Å²) >= 11 is 6.59. The number of nitrogens with zero attached hydrogens (tertiary/aromatic N) is 2. The Labute approximate surface area is 66.0 Å². The van der Waals surface area contributed by atoms with Crippen molar-refractivity contribution in [3.8, 4) is 5.88 Å². The van der Waals surface area contributed by atoms with Crippen LogP contribution in [0.4, 0.5) is 0 Å². The molecule has 0 aromatic carbocycles. The van der Waals surface area contributed by atoms with Gasteiger partial charge in [-0.15, -0.1) is 4.37 Å². The number of hydrogen-bond donors (Lipinski definition) is 0. The Morgan fingerprint density at radius 2 is 2.50 bits per heavy atom. The van der Waals surface area contributed by atoms with Gasteiger partial charge in [-0.3, -0.25) is 0 Å². The third-order valence-electron chi connectivity index (χ3n) is 0.967. The molecule has 1 atom stereocenters. The highest BCUT2D eigenvalue weighted by atomic mass is 35.5. The molecule has 1 aromatic heterocycles. The van der Waals surface area contributed by atoms with Gasteiger partial charge < -0.3 is 9.47 Å². The quantitative estimate of drug-likeness (QED) is 0.632. The molecule has 2 heterocycles. The van der Waals surface area contributed by atoms with Crippen LogP contribution >= 0.6 is 23.3 Å². The van der Waals surface area contributed by atoms with Crippen molar-refractivity contribution < 1.29 is 9.47 Å². The predicted octanol–water partition coefficient (Wildman–Crippen LogP) is 0.927. The molecular formula is C4H3ClN2O2S. The summed E-state index contributed by atoms with van der Waals surface area (Å²) in [7, 11) is 0. The Bertz CT molecular complexity index is 237. The van der Waals surface area contributed by atoms with Gasteiger partial charge >= 0.3 is 0 Å². The van der Waals surface area contributed by atoms with Crippen molar-refractivity contribution in [3.05, 3.63) is 5.15 Å². The van der Waals surface area contributed by atoms with Crippen molar-refractivity contribution in [1.29, 1.82) is 0 Å². The Balaban J connectivity index is 2.08. The summed E-state index contributed by atoms with van der Waals surface area (Å²) in [5.41, 5.74) is 0. The Hall–Kier alpha value is -0.390. The van der Waals surface area contributed by atoms with Gasteiger partial charge in [0.2, 0.25) is 11.4 Å². The number of rotatable bonds is 2. The molecule has 0 aliphatic carbocycles.